The molecule has 1 N–H and O–H groups in total. The van der Waals surface area contributed by atoms with E-state index in [0.29, 0.717) is 6.54 Å². The Kier molecular flexibility index (Phi) is 7.03. The minimum atomic E-state index is -3.85. The molecule has 1 aliphatic rings. The van der Waals surface area contributed by atoms with Crippen molar-refractivity contribution in [2.75, 3.05) is 19.6 Å². The van der Waals surface area contributed by atoms with Gasteiger partial charge in [0.25, 0.3) is 0 Å². The summed E-state index contributed by atoms with van der Waals surface area (Å²) in [6.45, 7) is 4.59. The SMILES string of the molecule is CC(C(=O)NCC1CCCN(Cc2ccccc2)C1)S(=O)(=O)c1ccc(F)cc1. The summed E-state index contributed by atoms with van der Waals surface area (Å²) in [5.41, 5.74) is 1.26. The first-order valence-corrected chi connectivity index (χ1v) is 11.4. The first-order valence-electron chi connectivity index (χ1n) is 9.89. The van der Waals surface area contributed by atoms with Crippen molar-refractivity contribution in [3.05, 3.63) is 66.0 Å². The number of benzene rings is 2. The molecule has 29 heavy (non-hydrogen) atoms. The fourth-order valence-electron chi connectivity index (χ4n) is 3.66. The van der Waals surface area contributed by atoms with Crippen LogP contribution in [0.1, 0.15) is 25.3 Å². The molecule has 1 fully saturated rings. The molecule has 0 bridgehead atoms. The van der Waals surface area contributed by atoms with Crippen LogP contribution in [0.25, 0.3) is 0 Å². The number of halogens is 1. The normalized spacial score (nSPS) is 18.9. The van der Waals surface area contributed by atoms with E-state index in [9.17, 15) is 17.6 Å². The zero-order valence-electron chi connectivity index (χ0n) is 16.6. The van der Waals surface area contributed by atoms with Gasteiger partial charge in [-0.25, -0.2) is 12.8 Å². The molecule has 5 nitrogen and oxygen atoms in total. The summed E-state index contributed by atoms with van der Waals surface area (Å²) in [5.74, 6) is -0.745. The van der Waals surface area contributed by atoms with Gasteiger partial charge in [0.2, 0.25) is 5.91 Å². The van der Waals surface area contributed by atoms with Gasteiger partial charge < -0.3 is 5.32 Å². The first kappa shape index (κ1) is 21.5. The van der Waals surface area contributed by atoms with Gasteiger partial charge in [-0.05, 0) is 62.1 Å². The zero-order valence-corrected chi connectivity index (χ0v) is 17.4. The zero-order chi connectivity index (χ0) is 20.9. The molecule has 1 heterocycles. The summed E-state index contributed by atoms with van der Waals surface area (Å²) in [6.07, 6.45) is 2.06. The topological polar surface area (TPSA) is 66.5 Å². The number of carbonyl (C=O) groups excluding carboxylic acids is 1. The van der Waals surface area contributed by atoms with Crippen LogP contribution in [-0.2, 0) is 21.2 Å². The van der Waals surface area contributed by atoms with Gasteiger partial charge in [0.05, 0.1) is 4.90 Å². The van der Waals surface area contributed by atoms with Crippen molar-refractivity contribution in [2.45, 2.75) is 36.5 Å². The van der Waals surface area contributed by atoms with E-state index in [0.717, 1.165) is 44.6 Å². The number of rotatable bonds is 7. The predicted octanol–water partition coefficient (Wildman–Crippen LogP) is 3.02. The molecule has 0 radical (unpaired) electrons. The number of nitrogens with zero attached hydrogens (tertiary/aromatic N) is 1. The van der Waals surface area contributed by atoms with E-state index < -0.39 is 26.8 Å². The predicted molar refractivity (Wildman–Crippen MR) is 111 cm³/mol. The van der Waals surface area contributed by atoms with Crippen molar-refractivity contribution < 1.29 is 17.6 Å². The molecular formula is C22H27FN2O3S. The fraction of sp³-hybridized carbons (Fsp3) is 0.409. The maximum Gasteiger partial charge on any atom is 0.238 e. The number of sulfone groups is 1. The van der Waals surface area contributed by atoms with Crippen molar-refractivity contribution in [2.24, 2.45) is 5.92 Å². The molecule has 7 heteroatoms. The minimum Gasteiger partial charge on any atom is -0.355 e. The number of carbonyl (C=O) groups is 1. The Morgan fingerprint density at radius 2 is 1.86 bits per heavy atom. The van der Waals surface area contributed by atoms with Crippen molar-refractivity contribution in [3.8, 4) is 0 Å². The fourth-order valence-corrected chi connectivity index (χ4v) is 4.95. The van der Waals surface area contributed by atoms with E-state index in [2.05, 4.69) is 22.3 Å². The summed E-state index contributed by atoms with van der Waals surface area (Å²) in [6, 6.07) is 14.8. The maximum absolute atomic E-state index is 13.1. The highest BCUT2D eigenvalue weighted by Gasteiger charge is 2.30. The number of hydrogen-bond donors (Lipinski definition) is 1. The van der Waals surface area contributed by atoms with Gasteiger partial charge in [0.15, 0.2) is 9.84 Å². The quantitative estimate of drug-likeness (QED) is 0.702. The van der Waals surface area contributed by atoms with Crippen molar-refractivity contribution in [1.29, 1.82) is 0 Å². The van der Waals surface area contributed by atoms with Crippen LogP contribution in [0.2, 0.25) is 0 Å². The molecule has 2 aromatic rings. The van der Waals surface area contributed by atoms with Crippen molar-refractivity contribution in [1.82, 2.24) is 10.2 Å². The van der Waals surface area contributed by atoms with Gasteiger partial charge in [-0.2, -0.15) is 0 Å². The van der Waals surface area contributed by atoms with E-state index in [1.165, 1.54) is 24.6 Å². The van der Waals surface area contributed by atoms with E-state index in [-0.39, 0.29) is 10.8 Å². The molecule has 156 valence electrons. The summed E-state index contributed by atoms with van der Waals surface area (Å²) in [5, 5.41) is 1.58. The number of hydrogen-bond acceptors (Lipinski definition) is 4. The largest absolute Gasteiger partial charge is 0.355 e. The average Bonchev–Trinajstić information content (AvgIpc) is 2.73. The number of nitrogens with one attached hydrogen (secondary N) is 1. The van der Waals surface area contributed by atoms with Crippen LogP contribution in [0.4, 0.5) is 4.39 Å². The lowest BCUT2D eigenvalue weighted by Gasteiger charge is -2.33. The van der Waals surface area contributed by atoms with E-state index in [4.69, 9.17) is 0 Å². The van der Waals surface area contributed by atoms with Gasteiger partial charge in [-0.1, -0.05) is 30.3 Å². The minimum absolute atomic E-state index is 0.0479. The molecule has 1 saturated heterocycles. The highest BCUT2D eigenvalue weighted by molar-refractivity contribution is 7.92. The van der Waals surface area contributed by atoms with E-state index >= 15 is 0 Å². The Labute approximate surface area is 171 Å². The van der Waals surface area contributed by atoms with Crippen LogP contribution < -0.4 is 5.32 Å². The van der Waals surface area contributed by atoms with Gasteiger partial charge in [-0.3, -0.25) is 9.69 Å². The molecule has 3 rings (SSSR count). The first-order chi connectivity index (χ1) is 13.9. The Morgan fingerprint density at radius 3 is 2.55 bits per heavy atom. The third-order valence-corrected chi connectivity index (χ3v) is 7.47. The van der Waals surface area contributed by atoms with E-state index in [1.54, 1.807) is 0 Å². The molecule has 0 spiro atoms. The molecule has 2 atom stereocenters. The maximum atomic E-state index is 13.1. The Morgan fingerprint density at radius 1 is 1.17 bits per heavy atom. The van der Waals surface area contributed by atoms with Crippen LogP contribution in [-0.4, -0.2) is 44.1 Å². The van der Waals surface area contributed by atoms with Crippen LogP contribution in [0, 0.1) is 11.7 Å². The molecule has 0 aliphatic carbocycles. The molecular weight excluding hydrogens is 391 g/mol. The van der Waals surface area contributed by atoms with Crippen molar-refractivity contribution in [3.63, 3.8) is 0 Å². The number of amides is 1. The average molecular weight is 419 g/mol. The van der Waals surface area contributed by atoms with Crippen LogP contribution in [0.15, 0.2) is 59.5 Å². The van der Waals surface area contributed by atoms with E-state index in [1.807, 2.05) is 18.2 Å². The molecule has 1 amide bonds. The second-order valence-corrected chi connectivity index (χ2v) is 9.88. The summed E-state index contributed by atoms with van der Waals surface area (Å²) < 4.78 is 38.3. The molecule has 1 aliphatic heterocycles. The second-order valence-electron chi connectivity index (χ2n) is 7.62. The van der Waals surface area contributed by atoms with Crippen molar-refractivity contribution >= 4 is 15.7 Å². The lowest BCUT2D eigenvalue weighted by Crippen LogP contribution is -2.44. The smallest absolute Gasteiger partial charge is 0.238 e. The molecule has 2 unspecified atom stereocenters. The van der Waals surface area contributed by atoms with Gasteiger partial charge in [-0.15, -0.1) is 0 Å². The highest BCUT2D eigenvalue weighted by atomic mass is 32.2. The Bertz CT molecular complexity index is 917. The second kappa shape index (κ2) is 9.50. The highest BCUT2D eigenvalue weighted by Crippen LogP contribution is 2.19. The van der Waals surface area contributed by atoms with Crippen LogP contribution in [0.3, 0.4) is 0 Å². The van der Waals surface area contributed by atoms with Crippen LogP contribution in [0.5, 0.6) is 0 Å². The van der Waals surface area contributed by atoms with Crippen LogP contribution >= 0.6 is 0 Å². The number of piperidine rings is 1. The summed E-state index contributed by atoms with van der Waals surface area (Å²) in [4.78, 5) is 14.8. The standard InChI is InChI=1S/C22H27FN2O3S/c1-17(29(27,28)21-11-9-20(23)10-12-21)22(26)24-14-19-8-5-13-25(16-19)15-18-6-3-2-4-7-18/h2-4,6-7,9-12,17,19H,5,8,13-16H2,1H3,(H,24,26). The molecule has 0 aromatic heterocycles. The summed E-state index contributed by atoms with van der Waals surface area (Å²) >= 11 is 0. The molecule has 2 aromatic carbocycles. The molecule has 0 saturated carbocycles. The van der Waals surface area contributed by atoms with Gasteiger partial charge in [0.1, 0.15) is 11.1 Å². The lowest BCUT2D eigenvalue weighted by atomic mass is 9.97. The van der Waals surface area contributed by atoms with Gasteiger partial charge >= 0.3 is 0 Å². The lowest BCUT2D eigenvalue weighted by molar-refractivity contribution is -0.120. The van der Waals surface area contributed by atoms with Gasteiger partial charge in [0, 0.05) is 19.6 Å². The third kappa shape index (κ3) is 5.64. The third-order valence-electron chi connectivity index (χ3n) is 5.39. The Balaban J connectivity index is 1.53. The Hall–Kier alpha value is -2.25. The monoisotopic (exact) mass is 418 g/mol. The summed E-state index contributed by atoms with van der Waals surface area (Å²) in [7, 11) is -3.85. The number of likely N-dealkylation sites (tertiary alicyclic amines) is 1.